The molecule has 0 bridgehead atoms. The van der Waals surface area contributed by atoms with Crippen molar-refractivity contribution in [2.45, 2.75) is 19.4 Å². The molecule has 0 fully saturated rings. The van der Waals surface area contributed by atoms with Crippen LogP contribution < -0.4 is 0 Å². The average Bonchev–Trinajstić information content (AvgIpc) is 2.56. The summed E-state index contributed by atoms with van der Waals surface area (Å²) in [5, 5.41) is 19.9. The second-order valence-electron chi connectivity index (χ2n) is 3.24. The Kier molecular flexibility index (Phi) is 2.17. The SMILES string of the molecule is CCC(O)c1oc2ccccc2c1O. The fraction of sp³-hybridized carbons (Fsp3) is 0.273. The molecule has 74 valence electrons. The minimum absolute atomic E-state index is 0.0509. The summed E-state index contributed by atoms with van der Waals surface area (Å²) in [5.41, 5.74) is 0.604. The molecule has 1 atom stereocenters. The molecule has 0 saturated heterocycles. The molecule has 0 aliphatic rings. The highest BCUT2D eigenvalue weighted by atomic mass is 16.4. The minimum atomic E-state index is -0.734. The van der Waals surface area contributed by atoms with Gasteiger partial charge in [0.2, 0.25) is 0 Å². The van der Waals surface area contributed by atoms with Gasteiger partial charge in [0.15, 0.2) is 11.5 Å². The van der Waals surface area contributed by atoms with Crippen LogP contribution in [-0.2, 0) is 0 Å². The number of aromatic hydroxyl groups is 1. The molecule has 1 unspecified atom stereocenters. The van der Waals surface area contributed by atoms with Crippen LogP contribution in [0.4, 0.5) is 0 Å². The highest BCUT2D eigenvalue weighted by molar-refractivity contribution is 5.85. The summed E-state index contributed by atoms with van der Waals surface area (Å²) in [4.78, 5) is 0. The molecule has 3 nitrogen and oxygen atoms in total. The summed E-state index contributed by atoms with van der Waals surface area (Å²) >= 11 is 0. The van der Waals surface area contributed by atoms with Crippen LogP contribution in [0.5, 0.6) is 5.75 Å². The summed E-state index contributed by atoms with van der Waals surface area (Å²) in [6.07, 6.45) is -0.213. The van der Waals surface area contributed by atoms with Gasteiger partial charge in [-0.05, 0) is 18.6 Å². The smallest absolute Gasteiger partial charge is 0.175 e. The van der Waals surface area contributed by atoms with Crippen LogP contribution in [0.2, 0.25) is 0 Å². The molecule has 0 saturated carbocycles. The molecular formula is C11H12O3. The van der Waals surface area contributed by atoms with Crippen molar-refractivity contribution in [2.75, 3.05) is 0 Å². The van der Waals surface area contributed by atoms with Crippen LogP contribution in [-0.4, -0.2) is 10.2 Å². The van der Waals surface area contributed by atoms with Gasteiger partial charge in [-0.1, -0.05) is 19.1 Å². The standard InChI is InChI=1S/C11H12O3/c1-2-8(12)11-10(13)7-5-3-4-6-9(7)14-11/h3-6,8,12-13H,2H2,1H3. The highest BCUT2D eigenvalue weighted by Crippen LogP contribution is 2.36. The number of fused-ring (bicyclic) bond motifs is 1. The number of para-hydroxylation sites is 1. The first-order valence-electron chi connectivity index (χ1n) is 4.62. The van der Waals surface area contributed by atoms with Gasteiger partial charge in [-0.3, -0.25) is 0 Å². The Hall–Kier alpha value is -1.48. The fourth-order valence-corrected chi connectivity index (χ4v) is 1.46. The van der Waals surface area contributed by atoms with Crippen molar-refractivity contribution >= 4 is 11.0 Å². The molecule has 1 aromatic heterocycles. The lowest BCUT2D eigenvalue weighted by Crippen LogP contribution is -1.92. The summed E-state index contributed by atoms with van der Waals surface area (Å²) < 4.78 is 5.35. The van der Waals surface area contributed by atoms with E-state index in [0.29, 0.717) is 17.4 Å². The van der Waals surface area contributed by atoms with E-state index in [1.165, 1.54) is 0 Å². The summed E-state index contributed by atoms with van der Waals surface area (Å²) in [6.45, 7) is 1.83. The molecule has 0 radical (unpaired) electrons. The van der Waals surface area contributed by atoms with Crippen molar-refractivity contribution in [3.8, 4) is 5.75 Å². The summed E-state index contributed by atoms with van der Waals surface area (Å²) in [7, 11) is 0. The van der Waals surface area contributed by atoms with Gasteiger partial charge in [-0.2, -0.15) is 0 Å². The maximum absolute atomic E-state index is 9.74. The van der Waals surface area contributed by atoms with Crippen LogP contribution in [0.25, 0.3) is 11.0 Å². The van der Waals surface area contributed by atoms with E-state index in [1.807, 2.05) is 19.1 Å². The predicted octanol–water partition coefficient (Wildman–Crippen LogP) is 2.58. The van der Waals surface area contributed by atoms with Crippen LogP contribution in [0.1, 0.15) is 25.2 Å². The Morgan fingerprint density at radius 1 is 1.36 bits per heavy atom. The summed E-state index contributed by atoms with van der Waals surface area (Å²) in [6, 6.07) is 7.17. The first kappa shape index (κ1) is 9.09. The molecule has 3 heteroatoms. The maximum Gasteiger partial charge on any atom is 0.175 e. The van der Waals surface area contributed by atoms with Gasteiger partial charge in [-0.25, -0.2) is 0 Å². The zero-order valence-electron chi connectivity index (χ0n) is 7.90. The van der Waals surface area contributed by atoms with E-state index in [0.717, 1.165) is 0 Å². The van der Waals surface area contributed by atoms with Crippen molar-refractivity contribution in [2.24, 2.45) is 0 Å². The zero-order chi connectivity index (χ0) is 10.1. The number of aliphatic hydroxyl groups is 1. The first-order valence-corrected chi connectivity index (χ1v) is 4.62. The Morgan fingerprint density at radius 3 is 2.71 bits per heavy atom. The molecule has 2 N–H and O–H groups in total. The average molecular weight is 192 g/mol. The lowest BCUT2D eigenvalue weighted by atomic mass is 10.2. The van der Waals surface area contributed by atoms with Crippen LogP contribution in [0, 0.1) is 0 Å². The van der Waals surface area contributed by atoms with Gasteiger partial charge in [-0.15, -0.1) is 0 Å². The topological polar surface area (TPSA) is 53.6 Å². The van der Waals surface area contributed by atoms with Gasteiger partial charge < -0.3 is 14.6 Å². The van der Waals surface area contributed by atoms with Crippen molar-refractivity contribution in [3.05, 3.63) is 30.0 Å². The molecule has 1 heterocycles. The number of aliphatic hydroxyl groups excluding tert-OH is 1. The molecule has 0 spiro atoms. The number of rotatable bonds is 2. The third kappa shape index (κ3) is 1.26. The monoisotopic (exact) mass is 192 g/mol. The Balaban J connectivity index is 2.62. The van der Waals surface area contributed by atoms with E-state index in [4.69, 9.17) is 4.42 Å². The maximum atomic E-state index is 9.74. The zero-order valence-corrected chi connectivity index (χ0v) is 7.90. The van der Waals surface area contributed by atoms with E-state index in [9.17, 15) is 10.2 Å². The molecular weight excluding hydrogens is 180 g/mol. The van der Waals surface area contributed by atoms with E-state index in [2.05, 4.69) is 0 Å². The van der Waals surface area contributed by atoms with Crippen LogP contribution in [0.3, 0.4) is 0 Å². The Bertz CT molecular complexity index is 445. The molecule has 1 aromatic carbocycles. The number of hydrogen-bond acceptors (Lipinski definition) is 3. The number of benzene rings is 1. The highest BCUT2D eigenvalue weighted by Gasteiger charge is 2.18. The normalized spacial score (nSPS) is 13.3. The Morgan fingerprint density at radius 2 is 2.07 bits per heavy atom. The second-order valence-corrected chi connectivity index (χ2v) is 3.24. The molecule has 14 heavy (non-hydrogen) atoms. The number of hydrogen-bond donors (Lipinski definition) is 2. The van der Waals surface area contributed by atoms with Gasteiger partial charge in [0.1, 0.15) is 11.7 Å². The molecule has 0 aliphatic carbocycles. The van der Waals surface area contributed by atoms with Gasteiger partial charge >= 0.3 is 0 Å². The van der Waals surface area contributed by atoms with E-state index in [1.54, 1.807) is 12.1 Å². The lowest BCUT2D eigenvalue weighted by molar-refractivity contribution is 0.143. The summed E-state index contributed by atoms with van der Waals surface area (Å²) in [5.74, 6) is 0.309. The fourth-order valence-electron chi connectivity index (χ4n) is 1.46. The van der Waals surface area contributed by atoms with E-state index < -0.39 is 6.10 Å². The molecule has 2 rings (SSSR count). The van der Waals surface area contributed by atoms with Gasteiger partial charge in [0.05, 0.1) is 5.39 Å². The Labute approximate surface area is 81.6 Å². The van der Waals surface area contributed by atoms with Crippen molar-refractivity contribution < 1.29 is 14.6 Å². The number of furan rings is 1. The predicted molar refractivity (Wildman–Crippen MR) is 53.1 cm³/mol. The van der Waals surface area contributed by atoms with Crippen molar-refractivity contribution in [1.29, 1.82) is 0 Å². The van der Waals surface area contributed by atoms with Crippen LogP contribution in [0.15, 0.2) is 28.7 Å². The third-order valence-corrected chi connectivity index (χ3v) is 2.28. The molecule has 2 aromatic rings. The van der Waals surface area contributed by atoms with Gasteiger partial charge in [0.25, 0.3) is 0 Å². The minimum Gasteiger partial charge on any atom is -0.504 e. The molecule has 0 amide bonds. The van der Waals surface area contributed by atoms with Crippen molar-refractivity contribution in [1.82, 2.24) is 0 Å². The third-order valence-electron chi connectivity index (χ3n) is 2.28. The molecule has 0 aliphatic heterocycles. The first-order chi connectivity index (χ1) is 6.74. The second kappa shape index (κ2) is 3.35. The van der Waals surface area contributed by atoms with Crippen molar-refractivity contribution in [3.63, 3.8) is 0 Å². The lowest BCUT2D eigenvalue weighted by Gasteiger charge is -2.02. The van der Waals surface area contributed by atoms with Crippen LogP contribution >= 0.6 is 0 Å². The van der Waals surface area contributed by atoms with Gasteiger partial charge in [0, 0.05) is 0 Å². The van der Waals surface area contributed by atoms with E-state index >= 15 is 0 Å². The quantitative estimate of drug-likeness (QED) is 0.768. The van der Waals surface area contributed by atoms with E-state index in [-0.39, 0.29) is 11.5 Å². The largest absolute Gasteiger partial charge is 0.504 e.